The Bertz CT molecular complexity index is 559. The summed E-state index contributed by atoms with van der Waals surface area (Å²) in [5.74, 6) is 0.864. The molecule has 2 N–H and O–H groups in total. The fourth-order valence-electron chi connectivity index (χ4n) is 3.60. The van der Waals surface area contributed by atoms with E-state index >= 15 is 0 Å². The number of aliphatic imine (C=N–C) groups is 1. The molecule has 2 fully saturated rings. The van der Waals surface area contributed by atoms with Gasteiger partial charge >= 0.3 is 0 Å². The summed E-state index contributed by atoms with van der Waals surface area (Å²) in [7, 11) is 1.83. The monoisotopic (exact) mass is 350 g/mol. The molecule has 1 aromatic heterocycles. The zero-order valence-electron chi connectivity index (χ0n) is 15.0. The maximum atomic E-state index is 6.00. The Morgan fingerprint density at radius 2 is 2.38 bits per heavy atom. The lowest BCUT2D eigenvalue weighted by atomic mass is 10.2. The van der Waals surface area contributed by atoms with Gasteiger partial charge in [-0.2, -0.15) is 0 Å². The third-order valence-corrected chi connectivity index (χ3v) is 5.89. The molecule has 3 atom stereocenters. The molecule has 3 heterocycles. The third-order valence-electron chi connectivity index (χ3n) is 4.87. The standard InChI is InChI=1S/C18H30N4OS/c1-13(9-17-7-6-14(2)24-17)21-18(19-3)20-10-16-11-22-8-4-5-15(22)12-23-16/h6-7,13,15-16H,4-5,8-12H2,1-3H3,(H2,19,20,21). The molecule has 134 valence electrons. The summed E-state index contributed by atoms with van der Waals surface area (Å²) in [6.07, 6.45) is 3.89. The summed E-state index contributed by atoms with van der Waals surface area (Å²) >= 11 is 1.87. The van der Waals surface area contributed by atoms with Gasteiger partial charge in [0.2, 0.25) is 0 Å². The Hall–Kier alpha value is -1.11. The van der Waals surface area contributed by atoms with E-state index in [1.54, 1.807) is 0 Å². The molecule has 2 saturated heterocycles. The van der Waals surface area contributed by atoms with Gasteiger partial charge in [0.1, 0.15) is 0 Å². The number of morpholine rings is 1. The predicted molar refractivity (Wildman–Crippen MR) is 101 cm³/mol. The molecule has 2 aliphatic heterocycles. The van der Waals surface area contributed by atoms with Crippen LogP contribution in [-0.2, 0) is 11.2 Å². The quantitative estimate of drug-likeness (QED) is 0.630. The van der Waals surface area contributed by atoms with Gasteiger partial charge in [-0.15, -0.1) is 11.3 Å². The van der Waals surface area contributed by atoms with Gasteiger partial charge in [0, 0.05) is 48.4 Å². The van der Waals surface area contributed by atoms with Crippen molar-refractivity contribution in [2.45, 2.75) is 51.3 Å². The molecule has 0 amide bonds. The molecule has 1 aromatic rings. The summed E-state index contributed by atoms with van der Waals surface area (Å²) < 4.78 is 6.00. The second-order valence-electron chi connectivity index (χ2n) is 6.96. The van der Waals surface area contributed by atoms with E-state index in [-0.39, 0.29) is 6.10 Å². The van der Waals surface area contributed by atoms with Crippen LogP contribution in [0, 0.1) is 6.92 Å². The number of aryl methyl sites for hydroxylation is 1. The molecule has 0 aliphatic carbocycles. The lowest BCUT2D eigenvalue weighted by Crippen LogP contribution is -2.52. The fraction of sp³-hybridized carbons (Fsp3) is 0.722. The van der Waals surface area contributed by atoms with Crippen LogP contribution in [0.4, 0.5) is 0 Å². The summed E-state index contributed by atoms with van der Waals surface area (Å²) in [6, 6.07) is 5.42. The molecule has 0 spiro atoms. The van der Waals surface area contributed by atoms with Crippen molar-refractivity contribution in [3.05, 3.63) is 21.9 Å². The van der Waals surface area contributed by atoms with E-state index in [0.29, 0.717) is 12.1 Å². The van der Waals surface area contributed by atoms with Gasteiger partial charge < -0.3 is 15.4 Å². The van der Waals surface area contributed by atoms with E-state index in [4.69, 9.17) is 4.74 Å². The average molecular weight is 351 g/mol. The van der Waals surface area contributed by atoms with Crippen molar-refractivity contribution >= 4 is 17.3 Å². The van der Waals surface area contributed by atoms with Crippen molar-refractivity contribution in [2.24, 2.45) is 4.99 Å². The smallest absolute Gasteiger partial charge is 0.191 e. The molecule has 24 heavy (non-hydrogen) atoms. The zero-order valence-corrected chi connectivity index (χ0v) is 15.9. The van der Waals surface area contributed by atoms with Gasteiger partial charge in [0.05, 0.1) is 12.7 Å². The number of rotatable bonds is 5. The van der Waals surface area contributed by atoms with E-state index in [0.717, 1.165) is 32.1 Å². The Labute approximate surface area is 149 Å². The Kier molecular flexibility index (Phi) is 6.14. The highest BCUT2D eigenvalue weighted by Gasteiger charge is 2.32. The number of guanidine groups is 1. The molecule has 2 aliphatic rings. The molecule has 0 saturated carbocycles. The molecule has 3 rings (SSSR count). The van der Waals surface area contributed by atoms with Gasteiger partial charge in [0.15, 0.2) is 5.96 Å². The highest BCUT2D eigenvalue weighted by molar-refractivity contribution is 7.11. The number of hydrogen-bond acceptors (Lipinski definition) is 4. The number of nitrogens with one attached hydrogen (secondary N) is 2. The largest absolute Gasteiger partial charge is 0.373 e. The first-order chi connectivity index (χ1) is 11.6. The molecule has 0 aromatic carbocycles. The molecule has 3 unspecified atom stereocenters. The van der Waals surface area contributed by atoms with E-state index in [1.807, 2.05) is 18.4 Å². The predicted octanol–water partition coefficient (Wildman–Crippen LogP) is 2.02. The Morgan fingerprint density at radius 3 is 3.12 bits per heavy atom. The normalized spacial score (nSPS) is 26.2. The summed E-state index contributed by atoms with van der Waals surface area (Å²) in [4.78, 5) is 9.72. The second-order valence-corrected chi connectivity index (χ2v) is 8.33. The van der Waals surface area contributed by atoms with E-state index in [2.05, 4.69) is 46.5 Å². The number of fused-ring (bicyclic) bond motifs is 1. The molecule has 5 nitrogen and oxygen atoms in total. The van der Waals surface area contributed by atoms with Crippen molar-refractivity contribution < 1.29 is 4.74 Å². The van der Waals surface area contributed by atoms with E-state index in [9.17, 15) is 0 Å². The minimum atomic E-state index is 0.258. The van der Waals surface area contributed by atoms with E-state index < -0.39 is 0 Å². The number of nitrogens with zero attached hydrogens (tertiary/aromatic N) is 2. The van der Waals surface area contributed by atoms with Crippen LogP contribution in [0.15, 0.2) is 17.1 Å². The van der Waals surface area contributed by atoms with Gasteiger partial charge in [-0.1, -0.05) is 0 Å². The summed E-state index contributed by atoms with van der Waals surface area (Å²) in [5.41, 5.74) is 0. The first-order valence-electron chi connectivity index (χ1n) is 9.02. The van der Waals surface area contributed by atoms with Gasteiger partial charge in [0.25, 0.3) is 0 Å². The average Bonchev–Trinajstić information content (AvgIpc) is 3.19. The Balaban J connectivity index is 1.41. The summed E-state index contributed by atoms with van der Waals surface area (Å²) in [5, 5.41) is 6.92. The lowest BCUT2D eigenvalue weighted by Gasteiger charge is -2.35. The van der Waals surface area contributed by atoms with Crippen LogP contribution in [0.3, 0.4) is 0 Å². The van der Waals surface area contributed by atoms with E-state index in [1.165, 1.54) is 29.1 Å². The topological polar surface area (TPSA) is 48.9 Å². The highest BCUT2D eigenvalue weighted by atomic mass is 32.1. The molecule has 6 heteroatoms. The van der Waals surface area contributed by atoms with Crippen LogP contribution in [-0.4, -0.2) is 62.3 Å². The zero-order chi connectivity index (χ0) is 16.9. The van der Waals surface area contributed by atoms with Gasteiger partial charge in [-0.3, -0.25) is 9.89 Å². The van der Waals surface area contributed by atoms with Crippen LogP contribution < -0.4 is 10.6 Å². The van der Waals surface area contributed by atoms with Crippen LogP contribution in [0.25, 0.3) is 0 Å². The van der Waals surface area contributed by atoms with Crippen molar-refractivity contribution in [1.82, 2.24) is 15.5 Å². The number of thiophene rings is 1. The molecular formula is C18H30N4OS. The molecule has 0 bridgehead atoms. The van der Waals surface area contributed by atoms with Crippen LogP contribution >= 0.6 is 11.3 Å². The van der Waals surface area contributed by atoms with Gasteiger partial charge in [-0.25, -0.2) is 0 Å². The number of hydrogen-bond donors (Lipinski definition) is 2. The number of ether oxygens (including phenoxy) is 1. The van der Waals surface area contributed by atoms with Crippen LogP contribution in [0.1, 0.15) is 29.5 Å². The maximum Gasteiger partial charge on any atom is 0.191 e. The van der Waals surface area contributed by atoms with Gasteiger partial charge in [-0.05, 0) is 45.4 Å². The Morgan fingerprint density at radius 1 is 1.50 bits per heavy atom. The van der Waals surface area contributed by atoms with Crippen molar-refractivity contribution in [2.75, 3.05) is 33.3 Å². The minimum absolute atomic E-state index is 0.258. The minimum Gasteiger partial charge on any atom is -0.373 e. The van der Waals surface area contributed by atoms with Crippen LogP contribution in [0.2, 0.25) is 0 Å². The van der Waals surface area contributed by atoms with Crippen molar-refractivity contribution in [1.29, 1.82) is 0 Å². The molecule has 0 radical (unpaired) electrons. The first-order valence-corrected chi connectivity index (χ1v) is 9.84. The van der Waals surface area contributed by atoms with Crippen molar-refractivity contribution in [3.63, 3.8) is 0 Å². The van der Waals surface area contributed by atoms with Crippen molar-refractivity contribution in [3.8, 4) is 0 Å². The third kappa shape index (κ3) is 4.71. The highest BCUT2D eigenvalue weighted by Crippen LogP contribution is 2.22. The summed E-state index contributed by atoms with van der Waals surface area (Å²) in [6.45, 7) is 8.32. The second kappa shape index (κ2) is 8.32. The SMILES string of the molecule is CN=C(NCC1CN2CCCC2CO1)NC(C)Cc1ccc(C)s1. The van der Waals surface area contributed by atoms with Crippen LogP contribution in [0.5, 0.6) is 0 Å². The maximum absolute atomic E-state index is 6.00. The first kappa shape index (κ1) is 17.7. The fourth-order valence-corrected chi connectivity index (χ4v) is 4.61. The lowest BCUT2D eigenvalue weighted by molar-refractivity contribution is -0.0453. The molecular weight excluding hydrogens is 320 g/mol.